The number of sulfonamides is 1. The highest BCUT2D eigenvalue weighted by Crippen LogP contribution is 2.20. The van der Waals surface area contributed by atoms with Gasteiger partial charge in [0.1, 0.15) is 11.8 Å². The molecule has 2 amide bonds. The van der Waals surface area contributed by atoms with E-state index >= 15 is 0 Å². The van der Waals surface area contributed by atoms with Crippen LogP contribution < -0.4 is 10.1 Å². The molecule has 0 saturated carbocycles. The van der Waals surface area contributed by atoms with Crippen LogP contribution in [-0.4, -0.2) is 68.8 Å². The van der Waals surface area contributed by atoms with Crippen molar-refractivity contribution in [3.8, 4) is 11.8 Å². The zero-order valence-electron chi connectivity index (χ0n) is 19.4. The van der Waals surface area contributed by atoms with Gasteiger partial charge in [-0.25, -0.2) is 8.42 Å². The Balaban J connectivity index is 1.67. The molecule has 1 saturated heterocycles. The summed E-state index contributed by atoms with van der Waals surface area (Å²) < 4.78 is 32.5. The average Bonchev–Trinajstić information content (AvgIpc) is 2.86. The smallest absolute Gasteiger partial charge is 0.255 e. The van der Waals surface area contributed by atoms with E-state index in [1.165, 1.54) is 35.7 Å². The predicted octanol–water partition coefficient (Wildman–Crippen LogP) is 1.85. The Morgan fingerprint density at radius 2 is 1.65 bits per heavy atom. The van der Waals surface area contributed by atoms with E-state index in [4.69, 9.17) is 10.00 Å². The number of carbonyl (C=O) groups excluding carboxylic acids is 2. The zero-order valence-corrected chi connectivity index (χ0v) is 20.2. The molecule has 3 rings (SSSR count). The van der Waals surface area contributed by atoms with Gasteiger partial charge < -0.3 is 15.0 Å². The number of carbonyl (C=O) groups is 2. The lowest BCUT2D eigenvalue weighted by Crippen LogP contribution is -2.57. The highest BCUT2D eigenvalue weighted by Gasteiger charge is 2.34. The molecule has 10 heteroatoms. The Morgan fingerprint density at radius 3 is 2.21 bits per heavy atom. The van der Waals surface area contributed by atoms with Crippen molar-refractivity contribution in [2.45, 2.75) is 24.8 Å². The lowest BCUT2D eigenvalue weighted by molar-refractivity contribution is -0.135. The molecule has 2 aromatic rings. The first-order valence-corrected chi connectivity index (χ1v) is 12.4. The van der Waals surface area contributed by atoms with Gasteiger partial charge in [0.15, 0.2) is 0 Å². The Kier molecular flexibility index (Phi) is 7.91. The van der Waals surface area contributed by atoms with E-state index in [2.05, 4.69) is 5.32 Å². The minimum atomic E-state index is -3.73. The minimum Gasteiger partial charge on any atom is -0.496 e. The summed E-state index contributed by atoms with van der Waals surface area (Å²) in [5, 5.41) is 11.7. The van der Waals surface area contributed by atoms with Gasteiger partial charge in [0.2, 0.25) is 15.9 Å². The number of piperazine rings is 1. The van der Waals surface area contributed by atoms with Crippen LogP contribution in [0.4, 0.5) is 0 Å². The van der Waals surface area contributed by atoms with Crippen LogP contribution in [-0.2, 0) is 14.8 Å². The van der Waals surface area contributed by atoms with Crippen molar-refractivity contribution in [2.24, 2.45) is 5.92 Å². The number of para-hydroxylation sites is 1. The van der Waals surface area contributed by atoms with E-state index in [9.17, 15) is 18.0 Å². The predicted molar refractivity (Wildman–Crippen MR) is 126 cm³/mol. The monoisotopic (exact) mass is 484 g/mol. The number of ether oxygens (including phenoxy) is 1. The van der Waals surface area contributed by atoms with Crippen LogP contribution in [0.5, 0.6) is 5.75 Å². The number of methoxy groups -OCH3 is 1. The van der Waals surface area contributed by atoms with Gasteiger partial charge in [-0.1, -0.05) is 26.0 Å². The molecule has 34 heavy (non-hydrogen) atoms. The molecule has 1 N–H and O–H groups in total. The maximum absolute atomic E-state index is 13.2. The second-order valence-electron chi connectivity index (χ2n) is 8.26. The Morgan fingerprint density at radius 1 is 1.03 bits per heavy atom. The summed E-state index contributed by atoms with van der Waals surface area (Å²) in [5.74, 6) is -0.427. The molecule has 0 bridgehead atoms. The molecule has 0 unspecified atom stereocenters. The largest absolute Gasteiger partial charge is 0.496 e. The third-order valence-electron chi connectivity index (χ3n) is 5.74. The van der Waals surface area contributed by atoms with E-state index < -0.39 is 22.0 Å². The number of rotatable bonds is 7. The van der Waals surface area contributed by atoms with Gasteiger partial charge in [0.25, 0.3) is 5.91 Å². The maximum atomic E-state index is 13.2. The molecule has 1 atom stereocenters. The van der Waals surface area contributed by atoms with E-state index in [1.54, 1.807) is 29.2 Å². The molecule has 9 nitrogen and oxygen atoms in total. The summed E-state index contributed by atoms with van der Waals surface area (Å²) in [6.07, 6.45) is 0. The number of hydrogen-bond donors (Lipinski definition) is 1. The number of nitrogens with one attached hydrogen (secondary N) is 1. The third-order valence-corrected chi connectivity index (χ3v) is 7.66. The van der Waals surface area contributed by atoms with Crippen molar-refractivity contribution < 1.29 is 22.7 Å². The molecule has 0 spiro atoms. The molecule has 1 aliphatic heterocycles. The van der Waals surface area contributed by atoms with Crippen LogP contribution in [0, 0.1) is 17.2 Å². The standard InChI is InChI=1S/C24H28N4O5S/c1-17(2)22(26-23(29)20-6-4-5-7-21(20)33-3)24(30)27-12-14-28(15-13-27)34(31,32)19-10-8-18(16-25)9-11-19/h4-11,17,22H,12-15H2,1-3H3,(H,26,29)/t22-/m0/s1. The lowest BCUT2D eigenvalue weighted by atomic mass is 10.0. The van der Waals surface area contributed by atoms with Gasteiger partial charge in [-0.15, -0.1) is 0 Å². The van der Waals surface area contributed by atoms with Crippen LogP contribution in [0.1, 0.15) is 29.8 Å². The van der Waals surface area contributed by atoms with Crippen molar-refractivity contribution >= 4 is 21.8 Å². The molecule has 1 fully saturated rings. The number of amides is 2. The van der Waals surface area contributed by atoms with Crippen molar-refractivity contribution in [2.75, 3.05) is 33.3 Å². The SMILES string of the molecule is COc1ccccc1C(=O)N[C@H](C(=O)N1CCN(S(=O)(=O)c2ccc(C#N)cc2)CC1)C(C)C. The summed E-state index contributed by atoms with van der Waals surface area (Å²) in [7, 11) is -2.26. The van der Waals surface area contributed by atoms with Crippen molar-refractivity contribution in [1.29, 1.82) is 5.26 Å². The van der Waals surface area contributed by atoms with E-state index in [1.807, 2.05) is 19.9 Å². The van der Waals surface area contributed by atoms with Gasteiger partial charge in [0.05, 0.1) is 29.2 Å². The van der Waals surface area contributed by atoms with Crippen LogP contribution in [0.25, 0.3) is 0 Å². The van der Waals surface area contributed by atoms with Gasteiger partial charge in [-0.2, -0.15) is 9.57 Å². The molecule has 0 aliphatic carbocycles. The second kappa shape index (κ2) is 10.7. The summed E-state index contributed by atoms with van der Waals surface area (Å²) in [4.78, 5) is 27.8. The van der Waals surface area contributed by atoms with Gasteiger partial charge in [-0.3, -0.25) is 9.59 Å². The summed E-state index contributed by atoms with van der Waals surface area (Å²) >= 11 is 0. The number of hydrogen-bond acceptors (Lipinski definition) is 6. The number of benzene rings is 2. The van der Waals surface area contributed by atoms with E-state index in [-0.39, 0.29) is 42.9 Å². The van der Waals surface area contributed by atoms with E-state index in [0.29, 0.717) is 16.9 Å². The molecule has 1 heterocycles. The second-order valence-corrected chi connectivity index (χ2v) is 10.2. The van der Waals surface area contributed by atoms with Crippen LogP contribution in [0.3, 0.4) is 0 Å². The first kappa shape index (κ1) is 25.2. The van der Waals surface area contributed by atoms with E-state index in [0.717, 1.165) is 0 Å². The quantitative estimate of drug-likeness (QED) is 0.641. The molecular weight excluding hydrogens is 456 g/mol. The topological polar surface area (TPSA) is 120 Å². The minimum absolute atomic E-state index is 0.107. The Hall–Kier alpha value is -3.42. The fourth-order valence-electron chi connectivity index (χ4n) is 3.76. The summed E-state index contributed by atoms with van der Waals surface area (Å²) in [5.41, 5.74) is 0.714. The zero-order chi connectivity index (χ0) is 24.9. The van der Waals surface area contributed by atoms with Gasteiger partial charge >= 0.3 is 0 Å². The number of nitrogens with zero attached hydrogens (tertiary/aromatic N) is 3. The average molecular weight is 485 g/mol. The maximum Gasteiger partial charge on any atom is 0.255 e. The van der Waals surface area contributed by atoms with Gasteiger partial charge in [-0.05, 0) is 42.3 Å². The Bertz CT molecular complexity index is 1180. The van der Waals surface area contributed by atoms with Crippen LogP contribution in [0.15, 0.2) is 53.4 Å². The third kappa shape index (κ3) is 5.38. The molecule has 2 aromatic carbocycles. The van der Waals surface area contributed by atoms with Crippen molar-refractivity contribution in [3.05, 3.63) is 59.7 Å². The summed E-state index contributed by atoms with van der Waals surface area (Å²) in [6.45, 7) is 4.39. The molecule has 0 aromatic heterocycles. The lowest BCUT2D eigenvalue weighted by Gasteiger charge is -2.36. The summed E-state index contributed by atoms with van der Waals surface area (Å²) in [6, 6.07) is 13.7. The highest BCUT2D eigenvalue weighted by atomic mass is 32.2. The molecule has 180 valence electrons. The van der Waals surface area contributed by atoms with Gasteiger partial charge in [0, 0.05) is 26.2 Å². The molecular formula is C24H28N4O5S. The Labute approximate surface area is 200 Å². The molecule has 1 aliphatic rings. The van der Waals surface area contributed by atoms with Crippen molar-refractivity contribution in [1.82, 2.24) is 14.5 Å². The highest BCUT2D eigenvalue weighted by molar-refractivity contribution is 7.89. The first-order chi connectivity index (χ1) is 16.2. The first-order valence-electron chi connectivity index (χ1n) is 10.9. The number of nitriles is 1. The van der Waals surface area contributed by atoms with Crippen LogP contribution >= 0.6 is 0 Å². The van der Waals surface area contributed by atoms with Crippen molar-refractivity contribution in [3.63, 3.8) is 0 Å². The molecule has 0 radical (unpaired) electrons. The van der Waals surface area contributed by atoms with Crippen LogP contribution in [0.2, 0.25) is 0 Å². The fourth-order valence-corrected chi connectivity index (χ4v) is 5.18. The fraction of sp³-hybridized carbons (Fsp3) is 0.375. The normalized spacial score (nSPS) is 15.4.